The summed E-state index contributed by atoms with van der Waals surface area (Å²) in [5.74, 6) is 0. The van der Waals surface area contributed by atoms with Crippen molar-refractivity contribution in [2.75, 3.05) is 12.8 Å². The number of sulfone groups is 1. The molecule has 0 bridgehead atoms. The van der Waals surface area contributed by atoms with E-state index in [1.54, 1.807) is 12.1 Å². The molecular weight excluding hydrogens is 330 g/mol. The van der Waals surface area contributed by atoms with E-state index in [1.807, 2.05) is 12.1 Å². The normalized spacial score (nSPS) is 13.3. The summed E-state index contributed by atoms with van der Waals surface area (Å²) in [4.78, 5) is 1.35. The van der Waals surface area contributed by atoms with Crippen LogP contribution in [0.4, 0.5) is 0 Å². The molecule has 1 atom stereocenters. The Hall–Kier alpha value is -0.920. The fraction of sp³-hybridized carbons (Fsp3) is 0.286. The Morgan fingerprint density at radius 1 is 1.24 bits per heavy atom. The Morgan fingerprint density at radius 2 is 1.90 bits per heavy atom. The van der Waals surface area contributed by atoms with Crippen LogP contribution < -0.4 is 5.32 Å². The van der Waals surface area contributed by atoms with Crippen molar-refractivity contribution in [3.63, 3.8) is 0 Å². The van der Waals surface area contributed by atoms with Crippen LogP contribution in [0.5, 0.6) is 0 Å². The van der Waals surface area contributed by atoms with Crippen molar-refractivity contribution >= 4 is 32.8 Å². The molecule has 0 aliphatic heterocycles. The highest BCUT2D eigenvalue weighted by molar-refractivity contribution is 7.90. The molecule has 2 N–H and O–H groups in total. The van der Waals surface area contributed by atoms with Crippen molar-refractivity contribution in [3.05, 3.63) is 51.2 Å². The number of aliphatic hydroxyl groups is 1. The highest BCUT2D eigenvalue weighted by Gasteiger charge is 2.10. The van der Waals surface area contributed by atoms with Gasteiger partial charge in [-0.05, 0) is 29.8 Å². The van der Waals surface area contributed by atoms with Crippen LogP contribution in [0.2, 0.25) is 4.34 Å². The minimum atomic E-state index is -3.20. The molecular formula is C14H16ClNO3S2. The van der Waals surface area contributed by atoms with E-state index in [4.69, 9.17) is 11.6 Å². The van der Waals surface area contributed by atoms with Gasteiger partial charge in [-0.3, -0.25) is 0 Å². The second kappa shape index (κ2) is 6.89. The fourth-order valence-electron chi connectivity index (χ4n) is 1.83. The summed E-state index contributed by atoms with van der Waals surface area (Å²) in [5, 5.41) is 13.2. The predicted octanol–water partition coefficient (Wildman–Crippen LogP) is 2.63. The van der Waals surface area contributed by atoms with Gasteiger partial charge in [0, 0.05) is 24.2 Å². The molecule has 21 heavy (non-hydrogen) atoms. The molecule has 0 spiro atoms. The molecule has 114 valence electrons. The van der Waals surface area contributed by atoms with Crippen LogP contribution in [0.3, 0.4) is 0 Å². The third kappa shape index (κ3) is 4.79. The van der Waals surface area contributed by atoms with Crippen molar-refractivity contribution in [2.24, 2.45) is 0 Å². The number of halogens is 1. The van der Waals surface area contributed by atoms with Crippen LogP contribution in [-0.2, 0) is 16.4 Å². The summed E-state index contributed by atoms with van der Waals surface area (Å²) < 4.78 is 23.5. The Morgan fingerprint density at radius 3 is 2.43 bits per heavy atom. The van der Waals surface area contributed by atoms with Gasteiger partial charge < -0.3 is 10.4 Å². The molecule has 1 aromatic heterocycles. The molecule has 0 aliphatic carbocycles. The van der Waals surface area contributed by atoms with E-state index in [0.717, 1.165) is 15.5 Å². The van der Waals surface area contributed by atoms with E-state index in [0.29, 0.717) is 18.7 Å². The van der Waals surface area contributed by atoms with Gasteiger partial charge >= 0.3 is 0 Å². The molecule has 0 amide bonds. The molecule has 0 aliphatic rings. The van der Waals surface area contributed by atoms with E-state index >= 15 is 0 Å². The van der Waals surface area contributed by atoms with Crippen LogP contribution in [-0.4, -0.2) is 26.3 Å². The molecule has 1 unspecified atom stereocenters. The predicted molar refractivity (Wildman–Crippen MR) is 85.5 cm³/mol. The van der Waals surface area contributed by atoms with E-state index in [2.05, 4.69) is 5.32 Å². The van der Waals surface area contributed by atoms with Gasteiger partial charge in [0.1, 0.15) is 0 Å². The molecule has 0 radical (unpaired) electrons. The number of hydrogen-bond acceptors (Lipinski definition) is 5. The Balaban J connectivity index is 1.89. The number of rotatable bonds is 6. The molecule has 0 fully saturated rings. The van der Waals surface area contributed by atoms with Gasteiger partial charge in [0.15, 0.2) is 9.84 Å². The lowest BCUT2D eigenvalue weighted by Crippen LogP contribution is -2.20. The maximum atomic E-state index is 11.4. The lowest BCUT2D eigenvalue weighted by molar-refractivity contribution is 0.174. The molecule has 2 aromatic rings. The zero-order chi connectivity index (χ0) is 15.5. The van der Waals surface area contributed by atoms with Crippen LogP contribution in [0.15, 0.2) is 41.3 Å². The average molecular weight is 346 g/mol. The quantitative estimate of drug-likeness (QED) is 0.844. The van der Waals surface area contributed by atoms with E-state index in [-0.39, 0.29) is 4.90 Å². The Bertz CT molecular complexity index is 695. The first kappa shape index (κ1) is 16.5. The maximum Gasteiger partial charge on any atom is 0.175 e. The van der Waals surface area contributed by atoms with Crippen molar-refractivity contribution in [1.29, 1.82) is 0 Å². The molecule has 0 saturated heterocycles. The van der Waals surface area contributed by atoms with Crippen molar-refractivity contribution in [1.82, 2.24) is 5.32 Å². The van der Waals surface area contributed by atoms with Gasteiger partial charge in [-0.15, -0.1) is 11.3 Å². The first-order chi connectivity index (χ1) is 9.86. The highest BCUT2D eigenvalue weighted by Crippen LogP contribution is 2.21. The van der Waals surface area contributed by atoms with Crippen molar-refractivity contribution in [2.45, 2.75) is 17.5 Å². The van der Waals surface area contributed by atoms with Gasteiger partial charge in [0.2, 0.25) is 0 Å². The van der Waals surface area contributed by atoms with Gasteiger partial charge in [-0.1, -0.05) is 23.7 Å². The van der Waals surface area contributed by atoms with E-state index < -0.39 is 15.9 Å². The average Bonchev–Trinajstić information content (AvgIpc) is 2.83. The smallest absolute Gasteiger partial charge is 0.175 e. The zero-order valence-electron chi connectivity index (χ0n) is 11.4. The summed E-state index contributed by atoms with van der Waals surface area (Å²) in [6, 6.07) is 10.0. The largest absolute Gasteiger partial charge is 0.387 e. The monoisotopic (exact) mass is 345 g/mol. The fourth-order valence-corrected chi connectivity index (χ4v) is 3.52. The van der Waals surface area contributed by atoms with Crippen LogP contribution in [0, 0.1) is 0 Å². The van der Waals surface area contributed by atoms with Crippen LogP contribution >= 0.6 is 22.9 Å². The van der Waals surface area contributed by atoms with E-state index in [1.165, 1.54) is 23.5 Å². The Labute approximate surface area is 133 Å². The number of nitrogens with one attached hydrogen (secondary N) is 1. The second-order valence-electron chi connectivity index (χ2n) is 4.69. The molecule has 0 saturated carbocycles. The molecule has 4 nitrogen and oxygen atoms in total. The van der Waals surface area contributed by atoms with Gasteiger partial charge in [0.25, 0.3) is 0 Å². The topological polar surface area (TPSA) is 66.4 Å². The SMILES string of the molecule is CS(=O)(=O)c1ccc(C(O)CNCc2ccc(Cl)s2)cc1. The summed E-state index contributed by atoms with van der Waals surface area (Å²) in [6.45, 7) is 1.02. The third-order valence-corrected chi connectivity index (χ3v) is 5.32. The molecule has 1 aromatic carbocycles. The van der Waals surface area contributed by atoms with Crippen LogP contribution in [0.25, 0.3) is 0 Å². The number of thiophene rings is 1. The lowest BCUT2D eigenvalue weighted by atomic mass is 10.1. The number of aliphatic hydroxyl groups excluding tert-OH is 1. The summed E-state index contributed by atoms with van der Waals surface area (Å²) in [6.07, 6.45) is 0.473. The first-order valence-corrected chi connectivity index (χ1v) is 9.38. The van der Waals surface area contributed by atoms with Crippen molar-refractivity contribution in [3.8, 4) is 0 Å². The highest BCUT2D eigenvalue weighted by atomic mass is 35.5. The minimum absolute atomic E-state index is 0.250. The second-order valence-corrected chi connectivity index (χ2v) is 8.51. The molecule has 7 heteroatoms. The molecule has 1 heterocycles. The van der Waals surface area contributed by atoms with Gasteiger partial charge in [0.05, 0.1) is 15.3 Å². The first-order valence-electron chi connectivity index (χ1n) is 6.29. The summed E-state index contributed by atoms with van der Waals surface area (Å²) >= 11 is 7.34. The number of benzene rings is 1. The van der Waals surface area contributed by atoms with Gasteiger partial charge in [-0.2, -0.15) is 0 Å². The third-order valence-electron chi connectivity index (χ3n) is 2.96. The van der Waals surface area contributed by atoms with Crippen molar-refractivity contribution < 1.29 is 13.5 Å². The zero-order valence-corrected chi connectivity index (χ0v) is 13.8. The summed E-state index contributed by atoms with van der Waals surface area (Å²) in [7, 11) is -3.20. The minimum Gasteiger partial charge on any atom is -0.387 e. The van der Waals surface area contributed by atoms with E-state index in [9.17, 15) is 13.5 Å². The number of hydrogen-bond donors (Lipinski definition) is 2. The van der Waals surface area contributed by atoms with Crippen LogP contribution in [0.1, 0.15) is 16.5 Å². The summed E-state index contributed by atoms with van der Waals surface area (Å²) in [5.41, 5.74) is 0.680. The Kier molecular flexibility index (Phi) is 5.40. The van der Waals surface area contributed by atoms with Gasteiger partial charge in [-0.25, -0.2) is 8.42 Å². The maximum absolute atomic E-state index is 11.4. The standard InChI is InChI=1S/C14H16ClNO3S2/c1-21(18,19)12-5-2-10(3-6-12)13(17)9-16-8-11-4-7-14(15)20-11/h2-7,13,16-17H,8-9H2,1H3. The molecule has 2 rings (SSSR count). The lowest BCUT2D eigenvalue weighted by Gasteiger charge is -2.12.